The maximum Gasteiger partial charge on any atom is 0.167 e. The van der Waals surface area contributed by atoms with Crippen LogP contribution in [-0.4, -0.2) is 5.78 Å². The summed E-state index contributed by atoms with van der Waals surface area (Å²) in [5.41, 5.74) is 1.86. The Morgan fingerprint density at radius 2 is 1.89 bits per heavy atom. The number of carbonyl (C=O) groups is 1. The molecule has 1 saturated carbocycles. The molecule has 0 heterocycles. The van der Waals surface area contributed by atoms with Gasteiger partial charge in [0.2, 0.25) is 0 Å². The molecule has 1 aliphatic rings. The molecule has 96 valence electrons. The van der Waals surface area contributed by atoms with E-state index in [2.05, 4.69) is 12.1 Å². The topological polar surface area (TPSA) is 17.1 Å². The number of benzene rings is 2. The molecule has 2 unspecified atom stereocenters. The number of hydrogen-bond acceptors (Lipinski definition) is 1. The van der Waals surface area contributed by atoms with E-state index in [-0.39, 0.29) is 17.5 Å². The highest BCUT2D eigenvalue weighted by molar-refractivity contribution is 14.1. The van der Waals surface area contributed by atoms with Gasteiger partial charge in [-0.2, -0.15) is 0 Å². The molecule has 0 bridgehead atoms. The number of hydrogen-bond donors (Lipinski definition) is 0. The summed E-state index contributed by atoms with van der Waals surface area (Å²) < 4.78 is 13.7. The Kier molecular flexibility index (Phi) is 3.39. The van der Waals surface area contributed by atoms with Crippen LogP contribution in [0.3, 0.4) is 0 Å². The molecule has 19 heavy (non-hydrogen) atoms. The van der Waals surface area contributed by atoms with Crippen molar-refractivity contribution in [3.8, 4) is 0 Å². The standard InChI is InChI=1S/C16H12FIO/c17-11-6-7-12(15(18)8-11)16(19)14-9-13(14)10-4-2-1-3-5-10/h1-8,13-14H,9H2. The lowest BCUT2D eigenvalue weighted by Crippen LogP contribution is -2.05. The largest absolute Gasteiger partial charge is 0.294 e. The second kappa shape index (κ2) is 5.04. The fraction of sp³-hybridized carbons (Fsp3) is 0.188. The molecular weight excluding hydrogens is 354 g/mol. The van der Waals surface area contributed by atoms with Gasteiger partial charge in [0.05, 0.1) is 0 Å². The first-order chi connectivity index (χ1) is 9.16. The summed E-state index contributed by atoms with van der Waals surface area (Å²) in [6.45, 7) is 0. The van der Waals surface area contributed by atoms with Crippen LogP contribution in [0.1, 0.15) is 28.3 Å². The van der Waals surface area contributed by atoms with Crippen LogP contribution in [0.15, 0.2) is 48.5 Å². The van der Waals surface area contributed by atoms with E-state index in [1.165, 1.54) is 17.7 Å². The molecular formula is C16H12FIO. The molecule has 0 N–H and O–H groups in total. The van der Waals surface area contributed by atoms with Crippen molar-refractivity contribution in [2.24, 2.45) is 5.92 Å². The van der Waals surface area contributed by atoms with Crippen molar-refractivity contribution >= 4 is 28.4 Å². The van der Waals surface area contributed by atoms with Crippen LogP contribution in [0.5, 0.6) is 0 Å². The zero-order valence-electron chi connectivity index (χ0n) is 10.1. The van der Waals surface area contributed by atoms with Gasteiger partial charge in [-0.1, -0.05) is 30.3 Å². The van der Waals surface area contributed by atoms with Gasteiger partial charge in [0.15, 0.2) is 5.78 Å². The molecule has 1 fully saturated rings. The number of Topliss-reactive ketones (excluding diaryl/α,β-unsaturated/α-hetero) is 1. The van der Waals surface area contributed by atoms with E-state index in [0.717, 1.165) is 6.42 Å². The molecule has 0 amide bonds. The molecule has 2 aromatic carbocycles. The summed E-state index contributed by atoms with van der Waals surface area (Å²) in [7, 11) is 0. The summed E-state index contributed by atoms with van der Waals surface area (Å²) >= 11 is 2.02. The minimum absolute atomic E-state index is 0.0568. The Morgan fingerprint density at radius 3 is 2.58 bits per heavy atom. The van der Waals surface area contributed by atoms with E-state index >= 15 is 0 Å². The first kappa shape index (κ1) is 12.8. The molecule has 2 aromatic rings. The number of halogens is 2. The van der Waals surface area contributed by atoms with Crippen molar-refractivity contribution in [1.29, 1.82) is 0 Å². The average Bonchev–Trinajstić information content (AvgIpc) is 3.19. The third-order valence-electron chi connectivity index (χ3n) is 3.55. The second-order valence-electron chi connectivity index (χ2n) is 4.85. The van der Waals surface area contributed by atoms with Gasteiger partial charge in [0.25, 0.3) is 0 Å². The van der Waals surface area contributed by atoms with Gasteiger partial charge in [-0.25, -0.2) is 4.39 Å². The molecule has 1 nitrogen and oxygen atoms in total. The molecule has 0 aliphatic heterocycles. The summed E-state index contributed by atoms with van der Waals surface area (Å²) in [4.78, 5) is 12.4. The lowest BCUT2D eigenvalue weighted by Gasteiger charge is -2.04. The van der Waals surface area contributed by atoms with Gasteiger partial charge in [-0.3, -0.25) is 4.79 Å². The molecule has 3 heteroatoms. The minimum Gasteiger partial charge on any atom is -0.294 e. The highest BCUT2D eigenvalue weighted by atomic mass is 127. The monoisotopic (exact) mass is 366 g/mol. The predicted molar refractivity (Wildman–Crippen MR) is 80.7 cm³/mol. The Hall–Kier alpha value is -1.23. The Bertz CT molecular complexity index is 624. The van der Waals surface area contributed by atoms with Gasteiger partial charge in [-0.15, -0.1) is 0 Å². The van der Waals surface area contributed by atoms with E-state index in [0.29, 0.717) is 15.1 Å². The maximum atomic E-state index is 13.1. The second-order valence-corrected chi connectivity index (χ2v) is 6.01. The van der Waals surface area contributed by atoms with Gasteiger partial charge in [-0.05, 0) is 58.7 Å². The Morgan fingerprint density at radius 1 is 1.16 bits per heavy atom. The van der Waals surface area contributed by atoms with Gasteiger partial charge in [0, 0.05) is 15.1 Å². The summed E-state index contributed by atoms with van der Waals surface area (Å²) in [5, 5.41) is 0. The van der Waals surface area contributed by atoms with Crippen molar-refractivity contribution in [1.82, 2.24) is 0 Å². The zero-order chi connectivity index (χ0) is 13.4. The molecule has 0 aromatic heterocycles. The van der Waals surface area contributed by atoms with Crippen molar-refractivity contribution in [2.75, 3.05) is 0 Å². The predicted octanol–water partition coefficient (Wildman–Crippen LogP) is 4.42. The highest BCUT2D eigenvalue weighted by Gasteiger charge is 2.44. The third kappa shape index (κ3) is 2.56. The number of ketones is 1. The average molecular weight is 366 g/mol. The molecule has 2 atom stereocenters. The van der Waals surface area contributed by atoms with E-state index in [9.17, 15) is 9.18 Å². The van der Waals surface area contributed by atoms with Crippen LogP contribution in [0.4, 0.5) is 4.39 Å². The van der Waals surface area contributed by atoms with E-state index in [4.69, 9.17) is 0 Å². The van der Waals surface area contributed by atoms with E-state index in [1.807, 2.05) is 40.8 Å². The molecule has 0 saturated heterocycles. The summed E-state index contributed by atoms with van der Waals surface area (Å²) in [5.74, 6) is 0.227. The summed E-state index contributed by atoms with van der Waals surface area (Å²) in [6, 6.07) is 14.5. The van der Waals surface area contributed by atoms with Crippen molar-refractivity contribution < 1.29 is 9.18 Å². The fourth-order valence-electron chi connectivity index (χ4n) is 2.44. The van der Waals surface area contributed by atoms with Gasteiger partial charge >= 0.3 is 0 Å². The molecule has 0 radical (unpaired) electrons. The van der Waals surface area contributed by atoms with Crippen molar-refractivity contribution in [3.05, 3.63) is 69.0 Å². The molecule has 3 rings (SSSR count). The fourth-order valence-corrected chi connectivity index (χ4v) is 3.19. The van der Waals surface area contributed by atoms with Crippen LogP contribution in [0.2, 0.25) is 0 Å². The Balaban J connectivity index is 1.80. The van der Waals surface area contributed by atoms with Crippen molar-refractivity contribution in [2.45, 2.75) is 12.3 Å². The lowest BCUT2D eigenvalue weighted by atomic mass is 10.0. The first-order valence-corrected chi connectivity index (χ1v) is 7.29. The molecule has 0 spiro atoms. The zero-order valence-corrected chi connectivity index (χ0v) is 12.3. The van der Waals surface area contributed by atoms with Crippen LogP contribution < -0.4 is 0 Å². The smallest absolute Gasteiger partial charge is 0.167 e. The van der Waals surface area contributed by atoms with Crippen LogP contribution >= 0.6 is 22.6 Å². The minimum atomic E-state index is -0.295. The number of carbonyl (C=O) groups excluding carboxylic acids is 1. The molecule has 1 aliphatic carbocycles. The maximum absolute atomic E-state index is 13.1. The van der Waals surface area contributed by atoms with Crippen molar-refractivity contribution in [3.63, 3.8) is 0 Å². The third-order valence-corrected chi connectivity index (χ3v) is 4.44. The SMILES string of the molecule is O=C(c1ccc(F)cc1I)C1CC1c1ccccc1. The van der Waals surface area contributed by atoms with Crippen LogP contribution in [0, 0.1) is 15.3 Å². The summed E-state index contributed by atoms with van der Waals surface area (Å²) in [6.07, 6.45) is 0.899. The normalized spacial score (nSPS) is 21.2. The lowest BCUT2D eigenvalue weighted by molar-refractivity contribution is 0.0964. The van der Waals surface area contributed by atoms with Crippen LogP contribution in [-0.2, 0) is 0 Å². The van der Waals surface area contributed by atoms with Gasteiger partial charge < -0.3 is 0 Å². The van der Waals surface area contributed by atoms with Crippen LogP contribution in [0.25, 0.3) is 0 Å². The van der Waals surface area contributed by atoms with E-state index < -0.39 is 0 Å². The van der Waals surface area contributed by atoms with E-state index in [1.54, 1.807) is 6.07 Å². The van der Waals surface area contributed by atoms with Gasteiger partial charge in [0.1, 0.15) is 5.82 Å². The quantitative estimate of drug-likeness (QED) is 0.581. The Labute approximate surface area is 125 Å². The number of rotatable bonds is 3. The highest BCUT2D eigenvalue weighted by Crippen LogP contribution is 2.49. The first-order valence-electron chi connectivity index (χ1n) is 6.21.